The molecule has 0 saturated heterocycles. The van der Waals surface area contributed by atoms with E-state index >= 15 is 0 Å². The SMILES string of the molecule is C[C@@H]1CN([C@@H](C)CO)C(=O)c2cccc(NC(=O)C3CCCCC3)c2O[C@H]1CN(C)S(=O)(=O)c1cn(C)cn1. The van der Waals surface area contributed by atoms with Gasteiger partial charge in [0.1, 0.15) is 6.10 Å². The number of imidazole rings is 1. The zero-order valence-electron chi connectivity index (χ0n) is 23.0. The molecular formula is C27H39N5O6S. The van der Waals surface area contributed by atoms with Crippen molar-refractivity contribution in [1.29, 1.82) is 0 Å². The highest BCUT2D eigenvalue weighted by atomic mass is 32.2. The number of aliphatic hydroxyl groups is 1. The molecule has 2 aliphatic rings. The predicted molar refractivity (Wildman–Crippen MR) is 146 cm³/mol. The fraction of sp³-hybridized carbons (Fsp3) is 0.593. The van der Waals surface area contributed by atoms with Crippen LogP contribution in [0.15, 0.2) is 35.7 Å². The van der Waals surface area contributed by atoms with Crippen molar-refractivity contribution in [2.75, 3.05) is 32.1 Å². The Morgan fingerprint density at radius 2 is 2.00 bits per heavy atom. The lowest BCUT2D eigenvalue weighted by Crippen LogP contribution is -2.50. The normalized spacial score (nSPS) is 21.6. The second kappa shape index (κ2) is 12.1. The molecule has 1 aliphatic carbocycles. The second-order valence-electron chi connectivity index (χ2n) is 10.8. The smallest absolute Gasteiger partial charge is 0.261 e. The number of hydrogen-bond donors (Lipinski definition) is 2. The molecule has 2 heterocycles. The molecule has 2 N–H and O–H groups in total. The number of carbonyl (C=O) groups is 2. The van der Waals surface area contributed by atoms with E-state index in [1.54, 1.807) is 41.6 Å². The van der Waals surface area contributed by atoms with Crippen molar-refractivity contribution in [2.45, 2.75) is 63.1 Å². The van der Waals surface area contributed by atoms with Gasteiger partial charge in [0.15, 0.2) is 10.8 Å². The number of amides is 2. The maximum Gasteiger partial charge on any atom is 0.261 e. The first kappa shape index (κ1) is 29.0. The van der Waals surface area contributed by atoms with Gasteiger partial charge in [-0.05, 0) is 31.9 Å². The van der Waals surface area contributed by atoms with Crippen molar-refractivity contribution in [3.05, 3.63) is 36.3 Å². The standard InChI is InChI=1S/C27H39N5O6S/c1-18-13-32(19(2)16-33)27(35)21-11-8-12-22(29-26(34)20-9-6-5-7-10-20)25(21)38-23(18)14-31(4)39(36,37)24-15-30(3)17-28-24/h8,11-12,15,17-20,23,33H,5-7,9-10,13-14,16H2,1-4H3,(H,29,34)/t18-,19+,23+/m1/s1. The molecule has 1 aromatic heterocycles. The Hall–Kier alpha value is -2.96. The lowest BCUT2D eigenvalue weighted by Gasteiger charge is -2.38. The molecule has 4 rings (SSSR count). The Morgan fingerprint density at radius 3 is 2.64 bits per heavy atom. The Bertz CT molecular complexity index is 1290. The highest BCUT2D eigenvalue weighted by molar-refractivity contribution is 7.89. The number of hydrogen-bond acceptors (Lipinski definition) is 7. The molecule has 0 bridgehead atoms. The van der Waals surface area contributed by atoms with Crippen molar-refractivity contribution in [3.8, 4) is 5.75 Å². The van der Waals surface area contributed by atoms with Crippen molar-refractivity contribution < 1.29 is 27.9 Å². The summed E-state index contributed by atoms with van der Waals surface area (Å²) in [5.41, 5.74) is 0.631. The molecule has 11 nitrogen and oxygen atoms in total. The minimum Gasteiger partial charge on any atom is -0.486 e. The molecule has 0 spiro atoms. The summed E-state index contributed by atoms with van der Waals surface area (Å²) in [6.45, 7) is 3.64. The summed E-state index contributed by atoms with van der Waals surface area (Å²) in [4.78, 5) is 32.4. The van der Waals surface area contributed by atoms with Crippen LogP contribution in [0.1, 0.15) is 56.3 Å². The third kappa shape index (κ3) is 6.28. The zero-order chi connectivity index (χ0) is 28.3. The number of para-hydroxylation sites is 1. The van der Waals surface area contributed by atoms with Crippen LogP contribution in [0.2, 0.25) is 0 Å². The van der Waals surface area contributed by atoms with Crippen molar-refractivity contribution in [2.24, 2.45) is 18.9 Å². The van der Waals surface area contributed by atoms with Gasteiger partial charge in [-0.3, -0.25) is 9.59 Å². The number of aryl methyl sites for hydroxylation is 1. The number of aliphatic hydroxyl groups excluding tert-OH is 1. The van der Waals surface area contributed by atoms with E-state index in [2.05, 4.69) is 10.3 Å². The third-order valence-corrected chi connectivity index (χ3v) is 9.43. The number of ether oxygens (including phenoxy) is 1. The molecule has 3 atom stereocenters. The van der Waals surface area contributed by atoms with Gasteiger partial charge < -0.3 is 24.6 Å². The number of carbonyl (C=O) groups excluding carboxylic acids is 2. The topological polar surface area (TPSA) is 134 Å². The number of nitrogens with one attached hydrogen (secondary N) is 1. The number of fused-ring (bicyclic) bond motifs is 1. The maximum absolute atomic E-state index is 13.7. The van der Waals surface area contributed by atoms with Crippen molar-refractivity contribution in [1.82, 2.24) is 18.8 Å². The third-order valence-electron chi connectivity index (χ3n) is 7.72. The lowest BCUT2D eigenvalue weighted by molar-refractivity contribution is -0.120. The summed E-state index contributed by atoms with van der Waals surface area (Å²) in [5, 5.41) is 12.8. The first-order valence-electron chi connectivity index (χ1n) is 13.5. The molecular weight excluding hydrogens is 522 g/mol. The first-order valence-corrected chi connectivity index (χ1v) is 14.9. The van der Waals surface area contributed by atoms with Crippen LogP contribution in [0.5, 0.6) is 5.75 Å². The maximum atomic E-state index is 13.7. The molecule has 1 fully saturated rings. The summed E-state index contributed by atoms with van der Waals surface area (Å²) < 4.78 is 35.7. The second-order valence-corrected chi connectivity index (χ2v) is 12.8. The summed E-state index contributed by atoms with van der Waals surface area (Å²) in [6.07, 6.45) is 6.96. The van der Waals surface area contributed by atoms with Gasteiger partial charge in [0.2, 0.25) is 5.91 Å². The average Bonchev–Trinajstić information content (AvgIpc) is 3.38. The van der Waals surface area contributed by atoms with Crippen molar-refractivity contribution >= 4 is 27.5 Å². The van der Waals surface area contributed by atoms with E-state index in [1.807, 2.05) is 6.92 Å². The van der Waals surface area contributed by atoms with Crippen LogP contribution in [0.25, 0.3) is 0 Å². The van der Waals surface area contributed by atoms with Crippen LogP contribution >= 0.6 is 0 Å². The summed E-state index contributed by atoms with van der Waals surface area (Å²) in [5.74, 6) is -0.628. The lowest BCUT2D eigenvalue weighted by atomic mass is 9.88. The van der Waals surface area contributed by atoms with Gasteiger partial charge in [-0.25, -0.2) is 13.4 Å². The number of nitrogens with zero attached hydrogens (tertiary/aromatic N) is 4. The number of likely N-dealkylation sites (N-methyl/N-ethyl adjacent to an activating group) is 1. The van der Waals surface area contributed by atoms with Gasteiger partial charge in [0.25, 0.3) is 15.9 Å². The van der Waals surface area contributed by atoms with Crippen LogP contribution in [0.4, 0.5) is 5.69 Å². The van der Waals surface area contributed by atoms with E-state index in [9.17, 15) is 23.1 Å². The molecule has 2 aromatic rings. The number of aromatic nitrogens is 2. The molecule has 1 saturated carbocycles. The van der Waals surface area contributed by atoms with E-state index in [-0.39, 0.29) is 59.7 Å². The van der Waals surface area contributed by atoms with Crippen LogP contribution in [-0.4, -0.2) is 83.0 Å². The highest BCUT2D eigenvalue weighted by Crippen LogP contribution is 2.36. The first-order chi connectivity index (χ1) is 18.5. The summed E-state index contributed by atoms with van der Waals surface area (Å²) in [7, 11) is -0.735. The van der Waals surface area contributed by atoms with Crippen molar-refractivity contribution in [3.63, 3.8) is 0 Å². The number of anilines is 1. The Labute approximate surface area is 230 Å². The minimum absolute atomic E-state index is 0.0139. The predicted octanol–water partition coefficient (Wildman–Crippen LogP) is 2.48. The van der Waals surface area contributed by atoms with Crippen LogP contribution in [-0.2, 0) is 21.9 Å². The summed E-state index contributed by atoms with van der Waals surface area (Å²) in [6, 6.07) is 4.55. The van der Waals surface area contributed by atoms with E-state index in [0.29, 0.717) is 5.69 Å². The van der Waals surface area contributed by atoms with E-state index in [4.69, 9.17) is 4.74 Å². The summed E-state index contributed by atoms with van der Waals surface area (Å²) >= 11 is 0. The minimum atomic E-state index is -3.90. The molecule has 1 aliphatic heterocycles. The van der Waals surface area contributed by atoms with Gasteiger partial charge in [0.05, 0.1) is 36.8 Å². The Balaban J connectivity index is 1.69. The molecule has 39 heavy (non-hydrogen) atoms. The fourth-order valence-electron chi connectivity index (χ4n) is 5.19. The number of rotatable bonds is 8. The Kier molecular flexibility index (Phi) is 8.97. The highest BCUT2D eigenvalue weighted by Gasteiger charge is 2.37. The van der Waals surface area contributed by atoms with E-state index in [1.165, 1.54) is 23.9 Å². The monoisotopic (exact) mass is 561 g/mol. The van der Waals surface area contributed by atoms with Gasteiger partial charge in [-0.15, -0.1) is 0 Å². The molecule has 0 unspecified atom stereocenters. The molecule has 0 radical (unpaired) electrons. The Morgan fingerprint density at radius 1 is 1.28 bits per heavy atom. The van der Waals surface area contributed by atoms with Gasteiger partial charge in [-0.2, -0.15) is 4.31 Å². The largest absolute Gasteiger partial charge is 0.486 e. The zero-order valence-corrected chi connectivity index (χ0v) is 23.9. The van der Waals surface area contributed by atoms with E-state index < -0.39 is 22.2 Å². The van der Waals surface area contributed by atoms with Gasteiger partial charge in [0, 0.05) is 38.7 Å². The number of sulfonamides is 1. The molecule has 214 valence electrons. The molecule has 12 heteroatoms. The van der Waals surface area contributed by atoms with Crippen LogP contribution in [0.3, 0.4) is 0 Å². The molecule has 2 amide bonds. The number of benzene rings is 1. The quantitative estimate of drug-likeness (QED) is 0.506. The van der Waals surface area contributed by atoms with E-state index in [0.717, 1.165) is 32.1 Å². The van der Waals surface area contributed by atoms with Gasteiger partial charge >= 0.3 is 0 Å². The average molecular weight is 562 g/mol. The van der Waals surface area contributed by atoms with Gasteiger partial charge in [-0.1, -0.05) is 32.3 Å². The molecule has 1 aromatic carbocycles. The van der Waals surface area contributed by atoms with Crippen LogP contribution in [0, 0.1) is 11.8 Å². The fourth-order valence-corrected chi connectivity index (χ4v) is 6.33. The van der Waals surface area contributed by atoms with Crippen LogP contribution < -0.4 is 10.1 Å².